The molecule has 4 fully saturated rings. The quantitative estimate of drug-likeness (QED) is 0.406. The normalized spacial score (nSPS) is 48.0. The van der Waals surface area contributed by atoms with E-state index in [1.54, 1.807) is 44.9 Å². The molecule has 0 bridgehead atoms. The Hall–Kier alpha value is 0. The Kier molecular flexibility index (Phi) is 6.75. The SMILES string of the molecule is CCC(CC[C@@H](C)[C@H]1CC[C@H]2[C@@H]3CCC4C(C)CCC[C@]4(C)[C@H]3CC[C@]12C)C(C)C. The number of fused-ring (bicyclic) bond motifs is 5. The second kappa shape index (κ2) is 8.74. The summed E-state index contributed by atoms with van der Waals surface area (Å²) >= 11 is 0. The highest BCUT2D eigenvalue weighted by molar-refractivity contribution is 5.09. The lowest BCUT2D eigenvalue weighted by atomic mass is 9.43. The minimum absolute atomic E-state index is 0.656. The molecule has 0 aromatic heterocycles. The second-order valence-corrected chi connectivity index (χ2v) is 13.6. The van der Waals surface area contributed by atoms with Gasteiger partial charge >= 0.3 is 0 Å². The summed E-state index contributed by atoms with van der Waals surface area (Å²) in [7, 11) is 0. The lowest BCUT2D eigenvalue weighted by Gasteiger charge is -2.62. The molecular formula is C30H54. The van der Waals surface area contributed by atoms with Gasteiger partial charge in [0.05, 0.1) is 0 Å². The first-order valence-electron chi connectivity index (χ1n) is 14.2. The standard InChI is InChI=1S/C30H54/c1-8-23(20(2)3)12-11-22(5)26-15-16-27-24-13-14-25-21(4)10-9-18-29(25,6)28(24)17-19-30(26,27)7/h20-28H,8-19H2,1-7H3/t21?,22-,23?,24+,25?,26-,27+,28+,29+,30-/m1/s1. The topological polar surface area (TPSA) is 0 Å². The number of hydrogen-bond acceptors (Lipinski definition) is 0. The van der Waals surface area contributed by atoms with E-state index >= 15 is 0 Å². The Labute approximate surface area is 189 Å². The summed E-state index contributed by atoms with van der Waals surface area (Å²) in [6.45, 7) is 18.0. The highest BCUT2D eigenvalue weighted by Crippen LogP contribution is 2.68. The van der Waals surface area contributed by atoms with E-state index in [0.29, 0.717) is 10.8 Å². The third kappa shape index (κ3) is 3.73. The Morgan fingerprint density at radius 1 is 0.767 bits per heavy atom. The van der Waals surface area contributed by atoms with Gasteiger partial charge in [0.25, 0.3) is 0 Å². The van der Waals surface area contributed by atoms with Crippen LogP contribution in [-0.4, -0.2) is 0 Å². The monoisotopic (exact) mass is 414 g/mol. The van der Waals surface area contributed by atoms with Gasteiger partial charge in [-0.05, 0) is 115 Å². The lowest BCUT2D eigenvalue weighted by Crippen LogP contribution is -2.54. The van der Waals surface area contributed by atoms with Gasteiger partial charge in [-0.3, -0.25) is 0 Å². The van der Waals surface area contributed by atoms with Gasteiger partial charge in [0.2, 0.25) is 0 Å². The van der Waals surface area contributed by atoms with Gasteiger partial charge in [-0.25, -0.2) is 0 Å². The highest BCUT2D eigenvalue weighted by atomic mass is 14.7. The van der Waals surface area contributed by atoms with E-state index < -0.39 is 0 Å². The van der Waals surface area contributed by atoms with E-state index in [1.165, 1.54) is 32.1 Å². The van der Waals surface area contributed by atoms with E-state index in [-0.39, 0.29) is 0 Å². The average Bonchev–Trinajstić information content (AvgIpc) is 3.05. The van der Waals surface area contributed by atoms with Gasteiger partial charge in [0, 0.05) is 0 Å². The van der Waals surface area contributed by atoms with Crippen LogP contribution in [0, 0.1) is 64.1 Å². The second-order valence-electron chi connectivity index (χ2n) is 13.6. The molecule has 0 aromatic carbocycles. The third-order valence-corrected chi connectivity index (χ3v) is 12.2. The zero-order valence-corrected chi connectivity index (χ0v) is 21.7. The highest BCUT2D eigenvalue weighted by Gasteiger charge is 2.60. The van der Waals surface area contributed by atoms with E-state index in [4.69, 9.17) is 0 Å². The van der Waals surface area contributed by atoms with Crippen molar-refractivity contribution < 1.29 is 0 Å². The number of hydrogen-bond donors (Lipinski definition) is 0. The molecule has 3 unspecified atom stereocenters. The van der Waals surface area contributed by atoms with Gasteiger partial charge in [0.15, 0.2) is 0 Å². The van der Waals surface area contributed by atoms with Gasteiger partial charge in [-0.2, -0.15) is 0 Å². The summed E-state index contributed by atoms with van der Waals surface area (Å²) in [6.07, 6.45) is 18.2. The van der Waals surface area contributed by atoms with Crippen molar-refractivity contribution in [3.63, 3.8) is 0 Å². The van der Waals surface area contributed by atoms with E-state index in [0.717, 1.165) is 53.3 Å². The Morgan fingerprint density at radius 2 is 1.47 bits per heavy atom. The summed E-state index contributed by atoms with van der Waals surface area (Å²) in [5.74, 6) is 8.93. The molecule has 4 aliphatic rings. The molecular weight excluding hydrogens is 360 g/mol. The van der Waals surface area contributed by atoms with Gasteiger partial charge in [-0.1, -0.05) is 74.1 Å². The molecule has 0 spiro atoms. The Bertz CT molecular complexity index is 577. The van der Waals surface area contributed by atoms with Crippen molar-refractivity contribution in [1.82, 2.24) is 0 Å². The Morgan fingerprint density at radius 3 is 2.17 bits per heavy atom. The first-order chi connectivity index (χ1) is 14.2. The average molecular weight is 415 g/mol. The summed E-state index contributed by atoms with van der Waals surface area (Å²) in [5.41, 5.74) is 1.33. The minimum atomic E-state index is 0.656. The predicted molar refractivity (Wildman–Crippen MR) is 131 cm³/mol. The molecule has 10 atom stereocenters. The van der Waals surface area contributed by atoms with Crippen LogP contribution in [0.3, 0.4) is 0 Å². The van der Waals surface area contributed by atoms with Crippen LogP contribution in [0.2, 0.25) is 0 Å². The van der Waals surface area contributed by atoms with Crippen LogP contribution in [0.1, 0.15) is 126 Å². The molecule has 0 aliphatic heterocycles. The molecule has 0 heteroatoms. The van der Waals surface area contributed by atoms with Crippen molar-refractivity contribution in [3.05, 3.63) is 0 Å². The van der Waals surface area contributed by atoms with Crippen LogP contribution in [0.4, 0.5) is 0 Å². The predicted octanol–water partition coefficient (Wildman–Crippen LogP) is 9.38. The van der Waals surface area contributed by atoms with Crippen molar-refractivity contribution >= 4 is 0 Å². The molecule has 174 valence electrons. The molecule has 0 N–H and O–H groups in total. The van der Waals surface area contributed by atoms with Crippen LogP contribution in [0.5, 0.6) is 0 Å². The molecule has 4 saturated carbocycles. The Balaban J connectivity index is 1.46. The molecule has 0 nitrogen and oxygen atoms in total. The summed E-state index contributed by atoms with van der Waals surface area (Å²) in [4.78, 5) is 0. The zero-order chi connectivity index (χ0) is 21.7. The largest absolute Gasteiger partial charge is 0.0651 e. The minimum Gasteiger partial charge on any atom is -0.0651 e. The van der Waals surface area contributed by atoms with Gasteiger partial charge < -0.3 is 0 Å². The van der Waals surface area contributed by atoms with Crippen molar-refractivity contribution in [2.45, 2.75) is 126 Å². The third-order valence-electron chi connectivity index (χ3n) is 12.2. The maximum absolute atomic E-state index is 2.76. The fourth-order valence-corrected chi connectivity index (χ4v) is 10.5. The van der Waals surface area contributed by atoms with Crippen LogP contribution in [0.15, 0.2) is 0 Å². The van der Waals surface area contributed by atoms with Crippen LogP contribution in [-0.2, 0) is 0 Å². The van der Waals surface area contributed by atoms with E-state index in [1.807, 2.05) is 0 Å². The maximum Gasteiger partial charge on any atom is -0.0264 e. The molecule has 4 aliphatic carbocycles. The summed E-state index contributed by atoms with van der Waals surface area (Å²) in [6, 6.07) is 0. The van der Waals surface area contributed by atoms with Crippen molar-refractivity contribution in [3.8, 4) is 0 Å². The molecule has 4 rings (SSSR count). The van der Waals surface area contributed by atoms with Gasteiger partial charge in [0.1, 0.15) is 0 Å². The van der Waals surface area contributed by atoms with Crippen LogP contribution in [0.25, 0.3) is 0 Å². The van der Waals surface area contributed by atoms with Crippen molar-refractivity contribution in [2.75, 3.05) is 0 Å². The summed E-state index contributed by atoms with van der Waals surface area (Å²) < 4.78 is 0. The lowest BCUT2D eigenvalue weighted by molar-refractivity contribution is -0.127. The molecule has 0 heterocycles. The van der Waals surface area contributed by atoms with Crippen molar-refractivity contribution in [1.29, 1.82) is 0 Å². The molecule has 0 saturated heterocycles. The molecule has 0 amide bonds. The van der Waals surface area contributed by atoms with Gasteiger partial charge in [-0.15, -0.1) is 0 Å². The van der Waals surface area contributed by atoms with E-state index in [2.05, 4.69) is 48.5 Å². The van der Waals surface area contributed by atoms with Crippen LogP contribution < -0.4 is 0 Å². The number of rotatable bonds is 6. The fraction of sp³-hybridized carbons (Fsp3) is 1.00. The van der Waals surface area contributed by atoms with Crippen molar-refractivity contribution in [2.24, 2.45) is 64.1 Å². The first-order valence-corrected chi connectivity index (χ1v) is 14.2. The smallest absolute Gasteiger partial charge is 0.0264 e. The molecule has 30 heavy (non-hydrogen) atoms. The maximum atomic E-state index is 2.76. The van der Waals surface area contributed by atoms with E-state index in [9.17, 15) is 0 Å². The van der Waals surface area contributed by atoms with Crippen LogP contribution >= 0.6 is 0 Å². The zero-order valence-electron chi connectivity index (χ0n) is 21.7. The molecule has 0 radical (unpaired) electrons. The fourth-order valence-electron chi connectivity index (χ4n) is 10.5. The summed E-state index contributed by atoms with van der Waals surface area (Å²) in [5, 5.41) is 0. The first kappa shape index (κ1) is 23.2. The molecule has 0 aromatic rings.